The monoisotopic (exact) mass is 471 g/mol. The van der Waals surface area contributed by atoms with Crippen molar-refractivity contribution in [3.05, 3.63) is 24.0 Å². The van der Waals surface area contributed by atoms with Crippen LogP contribution in [0.15, 0.2) is 18.2 Å². The summed E-state index contributed by atoms with van der Waals surface area (Å²) in [6.45, 7) is 4.70. The van der Waals surface area contributed by atoms with Gasteiger partial charge in [0.15, 0.2) is 0 Å². The average Bonchev–Trinajstić information content (AvgIpc) is 3.35. The molecule has 2 aliphatic carbocycles. The van der Waals surface area contributed by atoms with E-state index in [0.717, 1.165) is 63.4 Å². The lowest BCUT2D eigenvalue weighted by Gasteiger charge is -2.37. The number of benzene rings is 1. The van der Waals surface area contributed by atoms with Gasteiger partial charge < -0.3 is 14.4 Å². The van der Waals surface area contributed by atoms with E-state index in [1.807, 2.05) is 0 Å². The first kappa shape index (κ1) is 22.3. The van der Waals surface area contributed by atoms with Gasteiger partial charge in [0.2, 0.25) is 11.8 Å². The van der Waals surface area contributed by atoms with E-state index in [1.165, 1.54) is 23.8 Å². The molecule has 6 rings (SSSR count). The predicted molar refractivity (Wildman–Crippen MR) is 124 cm³/mol. The van der Waals surface area contributed by atoms with Crippen molar-refractivity contribution in [3.8, 4) is 5.75 Å². The minimum Gasteiger partial charge on any atom is -0.488 e. The number of epoxide rings is 1. The molecule has 5 aliphatic rings. The number of fused-ring (bicyclic) bond motifs is 2. The normalized spacial score (nSPS) is 31.7. The first-order valence-corrected chi connectivity index (χ1v) is 13.0. The van der Waals surface area contributed by atoms with Crippen LogP contribution < -0.4 is 9.64 Å². The van der Waals surface area contributed by atoms with Crippen LogP contribution in [0.5, 0.6) is 5.75 Å². The Balaban J connectivity index is 0.994. The second-order valence-corrected chi connectivity index (χ2v) is 10.5. The van der Waals surface area contributed by atoms with Gasteiger partial charge in [-0.05, 0) is 63.6 Å². The molecular weight excluding hydrogens is 437 g/mol. The number of carbonyl (C=O) groups excluding carboxylic acids is 2. The van der Waals surface area contributed by atoms with E-state index >= 15 is 0 Å². The van der Waals surface area contributed by atoms with Gasteiger partial charge in [-0.3, -0.25) is 19.4 Å². The zero-order valence-electron chi connectivity index (χ0n) is 19.7. The zero-order valence-corrected chi connectivity index (χ0v) is 19.7. The molecule has 8 heteroatoms. The maximum atomic E-state index is 14.0. The lowest BCUT2D eigenvalue weighted by Crippen LogP contribution is -2.47. The van der Waals surface area contributed by atoms with Gasteiger partial charge in [-0.25, -0.2) is 4.39 Å². The van der Waals surface area contributed by atoms with E-state index in [-0.39, 0.29) is 47.8 Å². The van der Waals surface area contributed by atoms with E-state index < -0.39 is 0 Å². The third-order valence-electron chi connectivity index (χ3n) is 8.40. The fraction of sp³-hybridized carbons (Fsp3) is 0.692. The summed E-state index contributed by atoms with van der Waals surface area (Å²) in [6.07, 6.45) is 7.41. The quantitative estimate of drug-likeness (QED) is 0.450. The average molecular weight is 472 g/mol. The van der Waals surface area contributed by atoms with Crippen LogP contribution in [0.25, 0.3) is 0 Å². The molecule has 5 fully saturated rings. The van der Waals surface area contributed by atoms with E-state index in [0.29, 0.717) is 19.4 Å². The number of rotatable bonds is 7. The smallest absolute Gasteiger partial charge is 0.233 e. The van der Waals surface area contributed by atoms with Crippen LogP contribution in [0.2, 0.25) is 0 Å². The number of anilines is 1. The number of hydrogen-bond donors (Lipinski definition) is 0. The summed E-state index contributed by atoms with van der Waals surface area (Å²) in [4.78, 5) is 31.6. The van der Waals surface area contributed by atoms with Crippen molar-refractivity contribution in [2.24, 2.45) is 11.8 Å². The van der Waals surface area contributed by atoms with Crippen LogP contribution in [0, 0.1) is 17.7 Å². The van der Waals surface area contributed by atoms with Gasteiger partial charge in [0.25, 0.3) is 0 Å². The highest BCUT2D eigenvalue weighted by Gasteiger charge is 2.58. The molecule has 4 unspecified atom stereocenters. The Labute approximate surface area is 200 Å². The summed E-state index contributed by atoms with van der Waals surface area (Å²) >= 11 is 0. The fourth-order valence-electron chi connectivity index (χ4n) is 6.39. The van der Waals surface area contributed by atoms with Crippen LogP contribution in [0.4, 0.5) is 10.1 Å². The highest BCUT2D eigenvalue weighted by Crippen LogP contribution is 2.47. The van der Waals surface area contributed by atoms with Crippen molar-refractivity contribution in [3.63, 3.8) is 0 Å². The van der Waals surface area contributed by atoms with Gasteiger partial charge >= 0.3 is 0 Å². The van der Waals surface area contributed by atoms with Crippen molar-refractivity contribution >= 4 is 17.5 Å². The van der Waals surface area contributed by atoms with Crippen LogP contribution in [-0.2, 0) is 14.3 Å². The topological polar surface area (TPSA) is 65.6 Å². The molecule has 0 aromatic heterocycles. The first-order chi connectivity index (χ1) is 16.6. The Morgan fingerprint density at radius 3 is 2.29 bits per heavy atom. The van der Waals surface area contributed by atoms with Crippen molar-refractivity contribution in [1.82, 2.24) is 9.80 Å². The Hall–Kier alpha value is -2.19. The largest absolute Gasteiger partial charge is 0.488 e. The third-order valence-corrected chi connectivity index (χ3v) is 8.40. The first-order valence-electron chi connectivity index (χ1n) is 13.0. The molecule has 2 saturated carbocycles. The summed E-state index contributed by atoms with van der Waals surface area (Å²) in [5.41, 5.74) is 0.851. The summed E-state index contributed by atoms with van der Waals surface area (Å²) in [5.74, 6) is 0.251. The highest BCUT2D eigenvalue weighted by molar-refractivity contribution is 6.05. The summed E-state index contributed by atoms with van der Waals surface area (Å²) < 4.78 is 25.8. The summed E-state index contributed by atoms with van der Waals surface area (Å²) in [6, 6.07) is 4.85. The molecule has 3 saturated heterocycles. The molecule has 0 radical (unpaired) electrons. The fourth-order valence-corrected chi connectivity index (χ4v) is 6.39. The van der Waals surface area contributed by atoms with Gasteiger partial charge in [-0.15, -0.1) is 0 Å². The van der Waals surface area contributed by atoms with Crippen LogP contribution in [0.1, 0.15) is 44.9 Å². The molecule has 3 heterocycles. The highest BCUT2D eigenvalue weighted by atomic mass is 19.1. The number of nitrogens with zero attached hydrogens (tertiary/aromatic N) is 3. The van der Waals surface area contributed by atoms with E-state index in [4.69, 9.17) is 9.47 Å². The van der Waals surface area contributed by atoms with Crippen LogP contribution >= 0.6 is 0 Å². The predicted octanol–water partition coefficient (Wildman–Crippen LogP) is 2.82. The number of imide groups is 1. The molecule has 2 amide bonds. The second kappa shape index (κ2) is 9.11. The molecule has 4 atom stereocenters. The third kappa shape index (κ3) is 4.31. The summed E-state index contributed by atoms with van der Waals surface area (Å²) in [7, 11) is 0. The van der Waals surface area contributed by atoms with Gasteiger partial charge in [0.1, 0.15) is 11.6 Å². The Kier molecular flexibility index (Phi) is 5.97. The molecular formula is C26H34FN3O4. The van der Waals surface area contributed by atoms with E-state index in [1.54, 1.807) is 12.1 Å². The molecule has 184 valence electrons. The lowest BCUT2D eigenvalue weighted by molar-refractivity contribution is -0.140. The number of hydrogen-bond acceptors (Lipinski definition) is 6. The van der Waals surface area contributed by atoms with Crippen molar-refractivity contribution < 1.29 is 23.5 Å². The van der Waals surface area contributed by atoms with Crippen molar-refractivity contribution in [1.29, 1.82) is 0 Å². The molecule has 1 aromatic rings. The lowest BCUT2D eigenvalue weighted by atomic mass is 9.81. The second-order valence-electron chi connectivity index (χ2n) is 10.5. The molecule has 0 N–H and O–H groups in total. The molecule has 7 nitrogen and oxygen atoms in total. The standard InChI is InChI=1S/C26H34FN3O4/c27-17-6-7-22(33-18-4-1-2-5-18)21(14-17)29-12-10-28(11-13-29)8-3-9-30-25(31)19-15-23-24(34-23)16-20(19)26(30)32/h6-7,14,18-20,23-24H,1-5,8-13,15-16H2. The number of amides is 2. The van der Waals surface area contributed by atoms with Gasteiger partial charge in [0, 0.05) is 38.8 Å². The van der Waals surface area contributed by atoms with Crippen molar-refractivity contribution in [2.75, 3.05) is 44.2 Å². The van der Waals surface area contributed by atoms with E-state index in [2.05, 4.69) is 9.80 Å². The molecule has 1 aromatic carbocycles. The van der Waals surface area contributed by atoms with E-state index in [9.17, 15) is 14.0 Å². The molecule has 3 aliphatic heterocycles. The van der Waals surface area contributed by atoms with Gasteiger partial charge in [0.05, 0.1) is 35.8 Å². The Morgan fingerprint density at radius 1 is 0.941 bits per heavy atom. The molecule has 0 bridgehead atoms. The number of halogens is 1. The molecule has 0 spiro atoms. The van der Waals surface area contributed by atoms with Crippen LogP contribution in [0.3, 0.4) is 0 Å². The molecule has 34 heavy (non-hydrogen) atoms. The minimum atomic E-state index is -0.236. The Morgan fingerprint density at radius 2 is 1.62 bits per heavy atom. The zero-order chi connectivity index (χ0) is 23.2. The summed E-state index contributed by atoms with van der Waals surface area (Å²) in [5, 5.41) is 0. The Bertz CT molecular complexity index is 916. The number of ether oxygens (including phenoxy) is 2. The number of likely N-dealkylation sites (tertiary alicyclic amines) is 1. The van der Waals surface area contributed by atoms with Crippen molar-refractivity contribution in [2.45, 2.75) is 63.3 Å². The minimum absolute atomic E-state index is 0.00895. The maximum absolute atomic E-state index is 14.0. The van der Waals surface area contributed by atoms with Crippen LogP contribution in [-0.4, -0.2) is 79.2 Å². The SMILES string of the molecule is O=C1C2CC3OC3CC2C(=O)N1CCCN1CCN(c2cc(F)ccc2OC2CCCC2)CC1. The number of carbonyl (C=O) groups is 2. The number of piperazine rings is 1. The van der Waals surface area contributed by atoms with Gasteiger partial charge in [-0.1, -0.05) is 0 Å². The van der Waals surface area contributed by atoms with Gasteiger partial charge in [-0.2, -0.15) is 0 Å². The maximum Gasteiger partial charge on any atom is 0.233 e.